The number of carbonyl (C=O) groups is 1. The average Bonchev–Trinajstić information content (AvgIpc) is 2.71. The monoisotopic (exact) mass is 212 g/mol. The molecule has 0 spiro atoms. The van der Waals surface area contributed by atoms with Gasteiger partial charge in [-0.1, -0.05) is 0 Å². The number of nitrogens with one attached hydrogen (secondary N) is 3. The van der Waals surface area contributed by atoms with Crippen LogP contribution in [0.5, 0.6) is 0 Å². The van der Waals surface area contributed by atoms with Gasteiger partial charge in [-0.15, -0.1) is 0 Å². The summed E-state index contributed by atoms with van der Waals surface area (Å²) in [6.45, 7) is 3.02. The number of hydrogen-bond acceptors (Lipinski definition) is 5. The minimum absolute atomic E-state index is 0.157. The normalized spacial score (nSPS) is 30.5. The number of guanidine groups is 1. The van der Waals surface area contributed by atoms with E-state index < -0.39 is 5.97 Å². The molecule has 1 saturated heterocycles. The number of piperidine rings is 1. The molecule has 0 aliphatic carbocycles. The first-order valence-corrected chi connectivity index (χ1v) is 5.24. The molecule has 6 nitrogen and oxygen atoms in total. The maximum absolute atomic E-state index is 10.8. The summed E-state index contributed by atoms with van der Waals surface area (Å²) in [7, 11) is 0. The zero-order chi connectivity index (χ0) is 10.7. The van der Waals surface area contributed by atoms with E-state index in [0.717, 1.165) is 25.6 Å². The Kier molecular flexibility index (Phi) is 3.05. The van der Waals surface area contributed by atoms with Crippen LogP contribution < -0.4 is 16.0 Å². The van der Waals surface area contributed by atoms with Crippen LogP contribution >= 0.6 is 0 Å². The molecule has 2 aliphatic rings. The highest BCUT2D eigenvalue weighted by Gasteiger charge is 2.27. The predicted molar refractivity (Wildman–Crippen MR) is 55.8 cm³/mol. The summed E-state index contributed by atoms with van der Waals surface area (Å²) >= 11 is 0. The van der Waals surface area contributed by atoms with Crippen molar-refractivity contribution in [2.24, 2.45) is 10.9 Å². The van der Waals surface area contributed by atoms with Gasteiger partial charge in [0.15, 0.2) is 5.96 Å². The van der Waals surface area contributed by atoms with E-state index in [9.17, 15) is 4.79 Å². The summed E-state index contributed by atoms with van der Waals surface area (Å²) < 4.78 is 0. The van der Waals surface area contributed by atoms with Crippen molar-refractivity contribution in [1.82, 2.24) is 16.0 Å². The van der Waals surface area contributed by atoms with E-state index >= 15 is 0 Å². The van der Waals surface area contributed by atoms with Crippen molar-refractivity contribution in [2.45, 2.75) is 12.5 Å². The lowest BCUT2D eigenvalue weighted by molar-refractivity contribution is -0.142. The lowest BCUT2D eigenvalue weighted by Crippen LogP contribution is -2.52. The third kappa shape index (κ3) is 2.59. The second-order valence-electron chi connectivity index (χ2n) is 3.93. The fraction of sp³-hybridized carbons (Fsp3) is 0.778. The Morgan fingerprint density at radius 3 is 3.07 bits per heavy atom. The van der Waals surface area contributed by atoms with Gasteiger partial charge in [0.25, 0.3) is 0 Å². The van der Waals surface area contributed by atoms with E-state index in [1.165, 1.54) is 0 Å². The Bertz CT molecular complexity index is 279. The molecule has 2 unspecified atom stereocenters. The molecule has 0 bridgehead atoms. The van der Waals surface area contributed by atoms with Gasteiger partial charge < -0.3 is 21.1 Å². The van der Waals surface area contributed by atoms with Crippen molar-refractivity contribution < 1.29 is 9.90 Å². The number of aliphatic imine (C=N–C) groups is 1. The van der Waals surface area contributed by atoms with Gasteiger partial charge in [-0.05, 0) is 6.42 Å². The topological polar surface area (TPSA) is 85.8 Å². The smallest absolute Gasteiger partial charge is 0.307 e. The molecule has 2 atom stereocenters. The molecule has 0 aromatic heterocycles. The van der Waals surface area contributed by atoms with Crippen LogP contribution in [0.25, 0.3) is 0 Å². The maximum atomic E-state index is 10.8. The van der Waals surface area contributed by atoms with Crippen LogP contribution in [0.1, 0.15) is 6.42 Å². The van der Waals surface area contributed by atoms with Gasteiger partial charge in [0.05, 0.1) is 12.5 Å². The molecule has 15 heavy (non-hydrogen) atoms. The molecule has 0 amide bonds. The van der Waals surface area contributed by atoms with Crippen LogP contribution in [0.3, 0.4) is 0 Å². The Balaban J connectivity index is 1.84. The van der Waals surface area contributed by atoms with Crippen LogP contribution in [0.2, 0.25) is 0 Å². The quantitative estimate of drug-likeness (QED) is 0.452. The zero-order valence-electron chi connectivity index (χ0n) is 8.49. The van der Waals surface area contributed by atoms with E-state index in [0.29, 0.717) is 13.0 Å². The molecule has 6 heteroatoms. The molecule has 84 valence electrons. The Hall–Kier alpha value is -1.30. The number of rotatable bonds is 2. The summed E-state index contributed by atoms with van der Waals surface area (Å²) in [5.74, 6) is -0.221. The molecule has 0 aromatic carbocycles. The van der Waals surface area contributed by atoms with Crippen LogP contribution in [0, 0.1) is 5.92 Å². The average molecular weight is 212 g/mol. The third-order valence-corrected chi connectivity index (χ3v) is 2.71. The maximum Gasteiger partial charge on any atom is 0.307 e. The van der Waals surface area contributed by atoms with Crippen molar-refractivity contribution in [3.05, 3.63) is 0 Å². The first kappa shape index (κ1) is 10.2. The van der Waals surface area contributed by atoms with Crippen molar-refractivity contribution in [2.75, 3.05) is 26.2 Å². The van der Waals surface area contributed by atoms with Gasteiger partial charge in [-0.3, -0.25) is 9.79 Å². The summed E-state index contributed by atoms with van der Waals surface area (Å²) in [5.41, 5.74) is 0. The molecule has 0 radical (unpaired) electrons. The first-order valence-electron chi connectivity index (χ1n) is 5.24. The van der Waals surface area contributed by atoms with E-state index in [2.05, 4.69) is 20.9 Å². The minimum Gasteiger partial charge on any atom is -0.481 e. The van der Waals surface area contributed by atoms with E-state index in [1.54, 1.807) is 0 Å². The Labute approximate surface area is 88.1 Å². The van der Waals surface area contributed by atoms with Crippen molar-refractivity contribution in [1.29, 1.82) is 0 Å². The molecule has 2 rings (SSSR count). The molecule has 0 aromatic rings. The standard InChI is InChI=1S/C9H16N4O2/c14-8(15)6-3-7(5-10-4-6)13-9-11-1-2-12-9/h6-7,10H,1-5H2,(H,14,15)(H2,11,12,13). The first-order chi connectivity index (χ1) is 7.25. The number of hydrogen-bond donors (Lipinski definition) is 4. The fourth-order valence-corrected chi connectivity index (χ4v) is 1.93. The van der Waals surface area contributed by atoms with E-state index in [1.807, 2.05) is 0 Å². The second kappa shape index (κ2) is 4.48. The van der Waals surface area contributed by atoms with Crippen LogP contribution in [-0.2, 0) is 4.79 Å². The number of carboxylic acids is 1. The van der Waals surface area contributed by atoms with E-state index in [-0.39, 0.29) is 12.0 Å². The molecular formula is C9H16N4O2. The number of aliphatic carboxylic acids is 1. The van der Waals surface area contributed by atoms with Gasteiger partial charge in [-0.2, -0.15) is 0 Å². The van der Waals surface area contributed by atoms with Gasteiger partial charge >= 0.3 is 5.97 Å². The van der Waals surface area contributed by atoms with Crippen LogP contribution in [0.4, 0.5) is 0 Å². The highest BCUT2D eigenvalue weighted by atomic mass is 16.4. The molecule has 1 fully saturated rings. The van der Waals surface area contributed by atoms with Crippen molar-refractivity contribution >= 4 is 11.9 Å². The fourth-order valence-electron chi connectivity index (χ4n) is 1.93. The SMILES string of the molecule is O=C(O)C1CNCC(NC2=NCCN2)C1. The van der Waals surface area contributed by atoms with Gasteiger partial charge in [0.2, 0.25) is 0 Å². The highest BCUT2D eigenvalue weighted by Crippen LogP contribution is 2.10. The summed E-state index contributed by atoms with van der Waals surface area (Å²) in [6, 6.07) is 0.157. The summed E-state index contributed by atoms with van der Waals surface area (Å²) in [5, 5.41) is 18.3. The zero-order valence-corrected chi connectivity index (χ0v) is 8.49. The van der Waals surface area contributed by atoms with Gasteiger partial charge in [0.1, 0.15) is 0 Å². The summed E-state index contributed by atoms with van der Waals surface area (Å²) in [6.07, 6.45) is 0.656. The summed E-state index contributed by atoms with van der Waals surface area (Å²) in [4.78, 5) is 15.0. The largest absolute Gasteiger partial charge is 0.481 e. The lowest BCUT2D eigenvalue weighted by atomic mass is 9.96. The molecule has 2 heterocycles. The number of carboxylic acid groups (broad SMARTS) is 1. The van der Waals surface area contributed by atoms with Crippen molar-refractivity contribution in [3.8, 4) is 0 Å². The third-order valence-electron chi connectivity index (χ3n) is 2.71. The second-order valence-corrected chi connectivity index (χ2v) is 3.93. The van der Waals surface area contributed by atoms with Crippen LogP contribution in [0.15, 0.2) is 4.99 Å². The highest BCUT2D eigenvalue weighted by molar-refractivity contribution is 5.81. The number of nitrogens with zero attached hydrogens (tertiary/aromatic N) is 1. The van der Waals surface area contributed by atoms with Gasteiger partial charge in [-0.25, -0.2) is 0 Å². The molecule has 2 aliphatic heterocycles. The van der Waals surface area contributed by atoms with Crippen molar-refractivity contribution in [3.63, 3.8) is 0 Å². The molecule has 4 N–H and O–H groups in total. The molecule has 0 saturated carbocycles. The van der Waals surface area contributed by atoms with Gasteiger partial charge in [0, 0.05) is 25.7 Å². The predicted octanol–water partition coefficient (Wildman–Crippen LogP) is -1.40. The lowest BCUT2D eigenvalue weighted by Gasteiger charge is -2.28. The minimum atomic E-state index is -0.727. The van der Waals surface area contributed by atoms with Crippen LogP contribution in [-0.4, -0.2) is 49.3 Å². The molecular weight excluding hydrogens is 196 g/mol. The Morgan fingerprint density at radius 2 is 2.40 bits per heavy atom. The van der Waals surface area contributed by atoms with E-state index in [4.69, 9.17) is 5.11 Å². The Morgan fingerprint density at radius 1 is 1.53 bits per heavy atom.